The molecule has 1 aliphatic rings. The van der Waals surface area contributed by atoms with Gasteiger partial charge in [-0.1, -0.05) is 6.92 Å². The third-order valence-electron chi connectivity index (χ3n) is 1.71. The number of thioether (sulfide) groups is 1. The molecule has 1 unspecified atom stereocenters. The minimum Gasteiger partial charge on any atom is -0.294 e. The molecule has 0 saturated carbocycles. The summed E-state index contributed by atoms with van der Waals surface area (Å²) in [6.07, 6.45) is 0.703. The highest BCUT2D eigenvalue weighted by Gasteiger charge is 2.23. The van der Waals surface area contributed by atoms with Crippen molar-refractivity contribution in [1.82, 2.24) is 0 Å². The van der Waals surface area contributed by atoms with Crippen LogP contribution in [-0.2, 0) is 0 Å². The van der Waals surface area contributed by atoms with Crippen LogP contribution in [0, 0.1) is 0 Å². The zero-order valence-corrected chi connectivity index (χ0v) is 7.80. The first-order valence-electron chi connectivity index (χ1n) is 3.54. The van der Waals surface area contributed by atoms with E-state index in [-0.39, 0.29) is 0 Å². The molecule has 0 radical (unpaired) electrons. The first-order valence-corrected chi connectivity index (χ1v) is 5.30. The van der Waals surface area contributed by atoms with Crippen LogP contribution in [-0.4, -0.2) is 11.0 Å². The molecule has 0 aliphatic carbocycles. The van der Waals surface area contributed by atoms with Gasteiger partial charge in [0.2, 0.25) is 0 Å². The third-order valence-corrected chi connectivity index (χ3v) is 4.00. The van der Waals surface area contributed by atoms with E-state index < -0.39 is 0 Å². The summed E-state index contributed by atoms with van der Waals surface area (Å²) in [6.45, 7) is 2.10. The van der Waals surface area contributed by atoms with Crippen molar-refractivity contribution in [2.75, 3.05) is 0 Å². The molecule has 1 atom stereocenters. The zero-order chi connectivity index (χ0) is 7.84. The number of ketones is 1. The van der Waals surface area contributed by atoms with Crippen LogP contribution >= 0.6 is 23.1 Å². The Labute approximate surface area is 73.8 Å². The summed E-state index contributed by atoms with van der Waals surface area (Å²) in [5.41, 5.74) is 0.943. The fourth-order valence-electron chi connectivity index (χ4n) is 1.19. The van der Waals surface area contributed by atoms with Crippen LogP contribution in [0.2, 0.25) is 0 Å². The normalized spacial score (nSPS) is 23.4. The second kappa shape index (κ2) is 2.64. The Kier molecular flexibility index (Phi) is 1.77. The van der Waals surface area contributed by atoms with Crippen molar-refractivity contribution in [1.29, 1.82) is 0 Å². The summed E-state index contributed by atoms with van der Waals surface area (Å²) < 4.78 is 1.20. The monoisotopic (exact) mass is 184 g/mol. The first-order chi connectivity index (χ1) is 5.27. The van der Waals surface area contributed by atoms with Gasteiger partial charge in [-0.2, -0.15) is 0 Å². The second-order valence-corrected chi connectivity index (χ2v) is 5.30. The molecule has 11 heavy (non-hydrogen) atoms. The number of thiophene rings is 1. The number of hydrogen-bond donors (Lipinski definition) is 0. The molecular weight excluding hydrogens is 176 g/mol. The van der Waals surface area contributed by atoms with Gasteiger partial charge < -0.3 is 0 Å². The quantitative estimate of drug-likeness (QED) is 0.616. The summed E-state index contributed by atoms with van der Waals surface area (Å²) in [7, 11) is 0. The van der Waals surface area contributed by atoms with Crippen molar-refractivity contribution < 1.29 is 4.79 Å². The largest absolute Gasteiger partial charge is 0.294 e. The van der Waals surface area contributed by atoms with Crippen LogP contribution in [0.25, 0.3) is 0 Å². The molecule has 2 rings (SSSR count). The van der Waals surface area contributed by atoms with Gasteiger partial charge in [0.15, 0.2) is 5.78 Å². The number of fused-ring (bicyclic) bond motifs is 1. The Morgan fingerprint density at radius 1 is 1.64 bits per heavy atom. The standard InChI is InChI=1S/C8H8OS2/c1-5-4-7(9)6-2-3-10-8(6)11-5/h2-3,5H,4H2,1H3. The Morgan fingerprint density at radius 3 is 3.27 bits per heavy atom. The maximum atomic E-state index is 11.4. The van der Waals surface area contributed by atoms with Gasteiger partial charge in [-0.25, -0.2) is 0 Å². The Morgan fingerprint density at radius 2 is 2.45 bits per heavy atom. The lowest BCUT2D eigenvalue weighted by Gasteiger charge is -2.15. The highest BCUT2D eigenvalue weighted by molar-refractivity contribution is 8.01. The van der Waals surface area contributed by atoms with Gasteiger partial charge in [0.1, 0.15) is 0 Å². The number of carbonyl (C=O) groups excluding carboxylic acids is 1. The lowest BCUT2D eigenvalue weighted by molar-refractivity contribution is 0.0979. The predicted octanol–water partition coefficient (Wildman–Crippen LogP) is 2.82. The fraction of sp³-hybridized carbons (Fsp3) is 0.375. The van der Waals surface area contributed by atoms with E-state index in [0.717, 1.165) is 5.56 Å². The average Bonchev–Trinajstić information content (AvgIpc) is 2.34. The smallest absolute Gasteiger partial charge is 0.165 e. The highest BCUT2D eigenvalue weighted by atomic mass is 32.2. The maximum absolute atomic E-state index is 11.4. The fourth-order valence-corrected chi connectivity index (χ4v) is 3.62. The molecule has 0 spiro atoms. The zero-order valence-electron chi connectivity index (χ0n) is 6.16. The molecule has 1 nitrogen and oxygen atoms in total. The molecular formula is C8H8OS2. The van der Waals surface area contributed by atoms with E-state index in [0.29, 0.717) is 17.5 Å². The van der Waals surface area contributed by atoms with E-state index in [1.165, 1.54) is 4.21 Å². The average molecular weight is 184 g/mol. The van der Waals surface area contributed by atoms with Crippen LogP contribution in [0.4, 0.5) is 0 Å². The van der Waals surface area contributed by atoms with Crippen LogP contribution in [0.3, 0.4) is 0 Å². The van der Waals surface area contributed by atoms with Gasteiger partial charge in [0.25, 0.3) is 0 Å². The van der Waals surface area contributed by atoms with E-state index in [4.69, 9.17) is 0 Å². The molecule has 0 saturated heterocycles. The number of Topliss-reactive ketones (excluding diaryl/α,β-unsaturated/α-hetero) is 1. The van der Waals surface area contributed by atoms with Gasteiger partial charge in [0.05, 0.1) is 4.21 Å². The molecule has 0 fully saturated rings. The second-order valence-electron chi connectivity index (χ2n) is 2.68. The molecule has 58 valence electrons. The van der Waals surface area contributed by atoms with E-state index in [1.807, 2.05) is 23.2 Å². The van der Waals surface area contributed by atoms with Gasteiger partial charge >= 0.3 is 0 Å². The molecule has 1 aromatic rings. The van der Waals surface area contributed by atoms with Crippen molar-refractivity contribution in [3.63, 3.8) is 0 Å². The molecule has 0 aromatic carbocycles. The predicted molar refractivity (Wildman–Crippen MR) is 48.6 cm³/mol. The van der Waals surface area contributed by atoms with E-state index >= 15 is 0 Å². The van der Waals surface area contributed by atoms with Crippen LogP contribution in [0.1, 0.15) is 23.7 Å². The molecule has 3 heteroatoms. The number of carbonyl (C=O) groups is 1. The van der Waals surface area contributed by atoms with Gasteiger partial charge in [-0.3, -0.25) is 4.79 Å². The van der Waals surface area contributed by atoms with Crippen molar-refractivity contribution >= 4 is 28.9 Å². The first kappa shape index (κ1) is 7.37. The minimum atomic E-state index is 0.313. The maximum Gasteiger partial charge on any atom is 0.165 e. The molecule has 0 N–H and O–H groups in total. The van der Waals surface area contributed by atoms with Crippen LogP contribution in [0.15, 0.2) is 15.7 Å². The van der Waals surface area contributed by atoms with E-state index in [9.17, 15) is 4.79 Å². The lowest BCUT2D eigenvalue weighted by atomic mass is 10.1. The molecule has 1 aromatic heterocycles. The lowest BCUT2D eigenvalue weighted by Crippen LogP contribution is -2.12. The van der Waals surface area contributed by atoms with Crippen LogP contribution in [0.5, 0.6) is 0 Å². The summed E-state index contributed by atoms with van der Waals surface area (Å²) in [5, 5.41) is 2.46. The summed E-state index contributed by atoms with van der Waals surface area (Å²) in [5.74, 6) is 0.313. The topological polar surface area (TPSA) is 17.1 Å². The van der Waals surface area contributed by atoms with E-state index in [2.05, 4.69) is 6.92 Å². The van der Waals surface area contributed by atoms with Crippen molar-refractivity contribution in [3.05, 3.63) is 17.0 Å². The number of hydrogen-bond acceptors (Lipinski definition) is 3. The van der Waals surface area contributed by atoms with E-state index in [1.54, 1.807) is 11.3 Å². The Hall–Kier alpha value is -0.280. The minimum absolute atomic E-state index is 0.313. The van der Waals surface area contributed by atoms with Gasteiger partial charge in [-0.15, -0.1) is 23.1 Å². The molecule has 0 amide bonds. The van der Waals surface area contributed by atoms with Crippen molar-refractivity contribution in [2.45, 2.75) is 22.8 Å². The Bertz CT molecular complexity index is 290. The van der Waals surface area contributed by atoms with Gasteiger partial charge in [-0.05, 0) is 11.4 Å². The molecule has 2 heterocycles. The summed E-state index contributed by atoms with van der Waals surface area (Å²) in [6, 6.07) is 1.93. The van der Waals surface area contributed by atoms with Crippen molar-refractivity contribution in [3.8, 4) is 0 Å². The van der Waals surface area contributed by atoms with Crippen LogP contribution < -0.4 is 0 Å². The molecule has 1 aliphatic heterocycles. The Balaban J connectivity index is 2.44. The third kappa shape index (κ3) is 1.23. The highest BCUT2D eigenvalue weighted by Crippen LogP contribution is 2.38. The summed E-state index contributed by atoms with van der Waals surface area (Å²) >= 11 is 3.49. The van der Waals surface area contributed by atoms with Crippen molar-refractivity contribution in [2.24, 2.45) is 0 Å². The number of rotatable bonds is 0. The summed E-state index contributed by atoms with van der Waals surface area (Å²) in [4.78, 5) is 11.4. The van der Waals surface area contributed by atoms with Gasteiger partial charge in [0, 0.05) is 17.2 Å². The molecule has 0 bridgehead atoms. The SMILES string of the molecule is CC1CC(=O)c2ccsc2S1.